The van der Waals surface area contributed by atoms with Crippen molar-refractivity contribution in [3.8, 4) is 0 Å². The monoisotopic (exact) mass is 353 g/mol. The van der Waals surface area contributed by atoms with Gasteiger partial charge in [-0.15, -0.1) is 0 Å². The molecule has 1 aromatic rings. The van der Waals surface area contributed by atoms with E-state index < -0.39 is 14.6 Å². The van der Waals surface area contributed by atoms with E-state index in [4.69, 9.17) is 0 Å². The lowest BCUT2D eigenvalue weighted by Gasteiger charge is -2.27. The van der Waals surface area contributed by atoms with Crippen LogP contribution in [0.1, 0.15) is 40.2 Å². The van der Waals surface area contributed by atoms with E-state index in [2.05, 4.69) is 41.6 Å². The average molecular weight is 354 g/mol. The van der Waals surface area contributed by atoms with Crippen LogP contribution in [0.25, 0.3) is 0 Å². The molecule has 0 spiro atoms. The summed E-state index contributed by atoms with van der Waals surface area (Å²) >= 11 is 0. The van der Waals surface area contributed by atoms with Crippen LogP contribution in [0.3, 0.4) is 0 Å². The van der Waals surface area contributed by atoms with Crippen LogP contribution in [0.4, 0.5) is 0 Å². The van der Waals surface area contributed by atoms with Gasteiger partial charge in [0.15, 0.2) is 15.8 Å². The second-order valence-corrected chi connectivity index (χ2v) is 10.4. The number of guanidine groups is 1. The van der Waals surface area contributed by atoms with Gasteiger partial charge in [0.1, 0.15) is 0 Å². The van der Waals surface area contributed by atoms with Crippen molar-refractivity contribution in [3.63, 3.8) is 0 Å². The number of aliphatic imine (C=N–C) groups is 1. The molecule has 0 atom stereocenters. The van der Waals surface area contributed by atoms with Crippen LogP contribution in [0.5, 0.6) is 0 Å². The molecule has 0 radical (unpaired) electrons. The number of nitrogens with zero attached hydrogens (tertiary/aromatic N) is 1. The van der Waals surface area contributed by atoms with Crippen molar-refractivity contribution >= 4 is 15.8 Å². The second kappa shape index (κ2) is 8.01. The molecule has 0 saturated heterocycles. The summed E-state index contributed by atoms with van der Waals surface area (Å²) in [5, 5.41) is 6.36. The molecule has 24 heavy (non-hydrogen) atoms. The van der Waals surface area contributed by atoms with E-state index in [1.165, 1.54) is 5.56 Å². The number of nitrogens with one attached hydrogen (secondary N) is 2. The minimum absolute atomic E-state index is 0.0592. The van der Waals surface area contributed by atoms with Crippen LogP contribution in [-0.4, -0.2) is 45.0 Å². The zero-order valence-electron chi connectivity index (χ0n) is 15.7. The van der Waals surface area contributed by atoms with E-state index in [0.29, 0.717) is 19.0 Å². The Morgan fingerprint density at radius 3 is 2.12 bits per heavy atom. The van der Waals surface area contributed by atoms with E-state index in [0.717, 1.165) is 0 Å². The first-order valence-electron chi connectivity index (χ1n) is 8.22. The molecule has 0 unspecified atom stereocenters. The molecular weight excluding hydrogens is 322 g/mol. The van der Waals surface area contributed by atoms with Crippen molar-refractivity contribution in [1.82, 2.24) is 10.6 Å². The summed E-state index contributed by atoms with van der Waals surface area (Å²) in [6.07, 6.45) is 0. The minimum atomic E-state index is -3.13. The second-order valence-electron chi connectivity index (χ2n) is 7.53. The fourth-order valence-electron chi connectivity index (χ4n) is 2.13. The molecule has 0 aliphatic rings. The average Bonchev–Trinajstić information content (AvgIpc) is 2.50. The van der Waals surface area contributed by atoms with E-state index in [1.54, 1.807) is 27.8 Å². The maximum atomic E-state index is 12.1. The summed E-state index contributed by atoms with van der Waals surface area (Å²) in [7, 11) is -1.45. The summed E-state index contributed by atoms with van der Waals surface area (Å²) in [5.74, 6) is 0.697. The van der Waals surface area contributed by atoms with Crippen molar-refractivity contribution in [2.75, 3.05) is 25.9 Å². The summed E-state index contributed by atoms with van der Waals surface area (Å²) in [6, 6.07) is 10.3. The number of rotatable bonds is 6. The van der Waals surface area contributed by atoms with Crippen LogP contribution in [0.2, 0.25) is 0 Å². The lowest BCUT2D eigenvalue weighted by Crippen LogP contribution is -2.45. The molecule has 0 amide bonds. The Balaban J connectivity index is 2.55. The Bertz CT molecular complexity index is 645. The lowest BCUT2D eigenvalue weighted by atomic mass is 9.85. The zero-order valence-corrected chi connectivity index (χ0v) is 16.5. The summed E-state index contributed by atoms with van der Waals surface area (Å²) in [5.41, 5.74) is 1.18. The van der Waals surface area contributed by atoms with Crippen molar-refractivity contribution in [1.29, 1.82) is 0 Å². The van der Waals surface area contributed by atoms with Gasteiger partial charge in [-0.1, -0.05) is 44.2 Å². The predicted molar refractivity (Wildman–Crippen MR) is 102 cm³/mol. The van der Waals surface area contributed by atoms with Crippen molar-refractivity contribution in [2.24, 2.45) is 4.99 Å². The van der Waals surface area contributed by atoms with Crippen LogP contribution in [0.15, 0.2) is 35.3 Å². The Morgan fingerprint density at radius 2 is 1.62 bits per heavy atom. The third-order valence-corrected chi connectivity index (χ3v) is 6.68. The molecule has 0 aliphatic carbocycles. The molecule has 0 aromatic heterocycles. The zero-order chi connectivity index (χ0) is 18.4. The molecule has 0 bridgehead atoms. The third-order valence-electron chi connectivity index (χ3n) is 4.07. The molecule has 136 valence electrons. The highest BCUT2D eigenvalue weighted by molar-refractivity contribution is 7.92. The maximum Gasteiger partial charge on any atom is 0.191 e. The van der Waals surface area contributed by atoms with Gasteiger partial charge in [-0.3, -0.25) is 4.99 Å². The molecule has 5 nitrogen and oxygen atoms in total. The Morgan fingerprint density at radius 1 is 1.04 bits per heavy atom. The fourth-order valence-corrected chi connectivity index (χ4v) is 3.11. The van der Waals surface area contributed by atoms with Gasteiger partial charge >= 0.3 is 0 Å². The Kier molecular flexibility index (Phi) is 6.84. The molecular formula is C18H31N3O2S. The lowest BCUT2D eigenvalue weighted by molar-refractivity contribution is 0.509. The molecule has 1 rings (SSSR count). The number of hydrogen-bond acceptors (Lipinski definition) is 3. The molecule has 1 aromatic carbocycles. The highest BCUT2D eigenvalue weighted by atomic mass is 32.2. The van der Waals surface area contributed by atoms with Gasteiger partial charge in [0, 0.05) is 25.6 Å². The Labute approximate surface area is 146 Å². The highest BCUT2D eigenvalue weighted by Crippen LogP contribution is 2.21. The van der Waals surface area contributed by atoms with Crippen LogP contribution in [0, 0.1) is 0 Å². The van der Waals surface area contributed by atoms with Gasteiger partial charge < -0.3 is 10.6 Å². The van der Waals surface area contributed by atoms with Crippen LogP contribution >= 0.6 is 0 Å². The first kappa shape index (κ1) is 20.5. The molecule has 0 aliphatic heterocycles. The van der Waals surface area contributed by atoms with Crippen LogP contribution < -0.4 is 10.6 Å². The standard InChI is InChI=1S/C18H31N3O2S/c1-17(2,3)24(22,23)13-12-20-16(19-6)21-14-18(4,5)15-10-8-7-9-11-15/h7-11H,12-14H2,1-6H3,(H2,19,20,21). The highest BCUT2D eigenvalue weighted by Gasteiger charge is 2.28. The van der Waals surface area contributed by atoms with Crippen molar-refractivity contribution in [2.45, 2.75) is 44.8 Å². The quantitative estimate of drug-likeness (QED) is 0.608. The molecule has 0 heterocycles. The van der Waals surface area contributed by atoms with Gasteiger partial charge in [-0.25, -0.2) is 8.42 Å². The van der Waals surface area contributed by atoms with Crippen molar-refractivity contribution in [3.05, 3.63) is 35.9 Å². The summed E-state index contributed by atoms with van der Waals surface area (Å²) < 4.78 is 23.5. The van der Waals surface area contributed by atoms with Gasteiger partial charge in [-0.2, -0.15) is 0 Å². The molecule has 0 saturated carbocycles. The maximum absolute atomic E-state index is 12.1. The fraction of sp³-hybridized carbons (Fsp3) is 0.611. The largest absolute Gasteiger partial charge is 0.356 e. The third kappa shape index (κ3) is 5.82. The molecule has 2 N–H and O–H groups in total. The molecule has 6 heteroatoms. The van der Waals surface area contributed by atoms with Gasteiger partial charge in [0.2, 0.25) is 0 Å². The Hall–Kier alpha value is -1.56. The van der Waals surface area contributed by atoms with E-state index in [1.807, 2.05) is 18.2 Å². The first-order valence-corrected chi connectivity index (χ1v) is 9.87. The van der Waals surface area contributed by atoms with Gasteiger partial charge in [0.05, 0.1) is 10.5 Å². The topological polar surface area (TPSA) is 70.6 Å². The predicted octanol–water partition coefficient (Wildman–Crippen LogP) is 2.34. The normalized spacial score (nSPS) is 13.7. The molecule has 0 fully saturated rings. The van der Waals surface area contributed by atoms with E-state index >= 15 is 0 Å². The minimum Gasteiger partial charge on any atom is -0.356 e. The number of hydrogen-bond donors (Lipinski definition) is 2. The van der Waals surface area contributed by atoms with Crippen LogP contribution in [-0.2, 0) is 15.3 Å². The first-order chi connectivity index (χ1) is 11.0. The summed E-state index contributed by atoms with van der Waals surface area (Å²) in [6.45, 7) is 10.5. The SMILES string of the molecule is CN=C(NCCS(=O)(=O)C(C)(C)C)NCC(C)(C)c1ccccc1. The number of benzene rings is 1. The van der Waals surface area contributed by atoms with Gasteiger partial charge in [-0.05, 0) is 26.3 Å². The smallest absolute Gasteiger partial charge is 0.191 e. The van der Waals surface area contributed by atoms with Gasteiger partial charge in [0.25, 0.3) is 0 Å². The number of sulfone groups is 1. The van der Waals surface area contributed by atoms with E-state index in [-0.39, 0.29) is 11.2 Å². The van der Waals surface area contributed by atoms with E-state index in [9.17, 15) is 8.42 Å². The van der Waals surface area contributed by atoms with Crippen molar-refractivity contribution < 1.29 is 8.42 Å². The summed E-state index contributed by atoms with van der Waals surface area (Å²) in [4.78, 5) is 4.17.